The molecule has 0 spiro atoms. The molecule has 6 nitrogen and oxygen atoms in total. The Balaban J connectivity index is 1.48. The molecule has 0 radical (unpaired) electrons. The second-order valence-corrected chi connectivity index (χ2v) is 8.11. The molecule has 4 rings (SSSR count). The molecule has 6 heteroatoms. The van der Waals surface area contributed by atoms with Crippen molar-refractivity contribution in [2.24, 2.45) is 0 Å². The summed E-state index contributed by atoms with van der Waals surface area (Å²) in [6, 6.07) is 9.81. The van der Waals surface area contributed by atoms with Gasteiger partial charge in [-0.3, -0.25) is 9.69 Å². The Bertz CT molecular complexity index is 937. The minimum Gasteiger partial charge on any atom is -0.491 e. The van der Waals surface area contributed by atoms with Crippen LogP contribution in [-0.4, -0.2) is 48.1 Å². The van der Waals surface area contributed by atoms with Gasteiger partial charge in [-0.25, -0.2) is 0 Å². The zero-order valence-corrected chi connectivity index (χ0v) is 17.8. The summed E-state index contributed by atoms with van der Waals surface area (Å²) in [7, 11) is 0. The van der Waals surface area contributed by atoms with Crippen LogP contribution in [0.15, 0.2) is 48.7 Å². The second-order valence-electron chi connectivity index (χ2n) is 8.11. The number of hydrogen-bond donors (Lipinski definition) is 2. The Hall–Kier alpha value is -2.99. The fourth-order valence-corrected chi connectivity index (χ4v) is 3.97. The van der Waals surface area contributed by atoms with E-state index in [0.29, 0.717) is 12.2 Å². The summed E-state index contributed by atoms with van der Waals surface area (Å²) in [6.07, 6.45) is 6.60. The maximum Gasteiger partial charge on any atom is 0.267 e. The summed E-state index contributed by atoms with van der Waals surface area (Å²) in [6.45, 7) is 12.0. The van der Waals surface area contributed by atoms with Crippen molar-refractivity contribution in [1.82, 2.24) is 15.2 Å². The van der Waals surface area contributed by atoms with Crippen molar-refractivity contribution < 1.29 is 9.53 Å². The Morgan fingerprint density at radius 2 is 1.93 bits per heavy atom. The van der Waals surface area contributed by atoms with Crippen LogP contribution in [0.1, 0.15) is 42.7 Å². The number of likely N-dealkylation sites (tertiary alicyclic amines) is 1. The van der Waals surface area contributed by atoms with Crippen LogP contribution in [0.3, 0.4) is 0 Å². The lowest BCUT2D eigenvalue weighted by molar-refractivity contribution is 0.0945. The van der Waals surface area contributed by atoms with Crippen LogP contribution < -0.4 is 15.0 Å². The third-order valence-electron chi connectivity index (χ3n) is 5.42. The lowest BCUT2D eigenvalue weighted by Crippen LogP contribution is -2.33. The van der Waals surface area contributed by atoms with Crippen molar-refractivity contribution in [1.29, 1.82) is 0 Å². The van der Waals surface area contributed by atoms with Crippen molar-refractivity contribution in [2.75, 3.05) is 31.1 Å². The van der Waals surface area contributed by atoms with E-state index in [4.69, 9.17) is 4.74 Å². The topological polar surface area (TPSA) is 60.6 Å². The molecule has 2 N–H and O–H groups in total. The normalized spacial score (nSPS) is 16.2. The quantitative estimate of drug-likeness (QED) is 0.720. The van der Waals surface area contributed by atoms with Gasteiger partial charge in [0.1, 0.15) is 17.3 Å². The molecule has 1 amide bonds. The van der Waals surface area contributed by atoms with Gasteiger partial charge in [-0.05, 0) is 82.3 Å². The maximum atomic E-state index is 12.7. The summed E-state index contributed by atoms with van der Waals surface area (Å²) in [4.78, 5) is 20.4. The van der Waals surface area contributed by atoms with Gasteiger partial charge in [0.25, 0.3) is 5.91 Å². The van der Waals surface area contributed by atoms with E-state index >= 15 is 0 Å². The average Bonchev–Trinajstić information content (AvgIpc) is 3.38. The molecular formula is C24H30N4O2. The minimum absolute atomic E-state index is 0.0803. The number of hydrogen-bond acceptors (Lipinski definition) is 4. The molecule has 2 aliphatic heterocycles. The zero-order valence-electron chi connectivity index (χ0n) is 17.8. The number of allylic oxidation sites excluding steroid dienone is 1. The summed E-state index contributed by atoms with van der Waals surface area (Å²) >= 11 is 0. The fourth-order valence-electron chi connectivity index (χ4n) is 3.97. The minimum atomic E-state index is -0.0803. The molecule has 0 bridgehead atoms. The lowest BCUT2D eigenvalue weighted by atomic mass is 10.1. The predicted octanol–water partition coefficient (Wildman–Crippen LogP) is 4.31. The van der Waals surface area contributed by atoms with Gasteiger partial charge >= 0.3 is 0 Å². The average molecular weight is 407 g/mol. The van der Waals surface area contributed by atoms with Gasteiger partial charge < -0.3 is 19.9 Å². The highest BCUT2D eigenvalue weighted by molar-refractivity contribution is 5.96. The Kier molecular flexibility index (Phi) is 5.95. The summed E-state index contributed by atoms with van der Waals surface area (Å²) in [5.41, 5.74) is 3.33. The summed E-state index contributed by atoms with van der Waals surface area (Å²) in [5.74, 6) is 1.60. The number of carbonyl (C=O) groups is 1. The first-order valence-electron chi connectivity index (χ1n) is 10.7. The molecule has 1 aromatic carbocycles. The van der Waals surface area contributed by atoms with Crippen molar-refractivity contribution in [2.45, 2.75) is 32.8 Å². The third-order valence-corrected chi connectivity index (χ3v) is 5.42. The molecule has 0 unspecified atom stereocenters. The van der Waals surface area contributed by atoms with Crippen molar-refractivity contribution in [3.63, 3.8) is 0 Å². The number of amides is 1. The number of benzene rings is 1. The second kappa shape index (κ2) is 8.79. The number of aromatic amines is 1. The van der Waals surface area contributed by atoms with Crippen LogP contribution in [-0.2, 0) is 0 Å². The van der Waals surface area contributed by atoms with E-state index in [1.54, 1.807) is 0 Å². The standard InChI is InChI=1S/C24H30N4O2/c1-17(2)30-21-10-8-20(9-11-21)28-18(3)6-7-19-16-22(26-23(19)28)24(29)25-12-15-27-13-4-5-14-27/h6-11,16-17,26H,3-5,12-15H2,1-2H3,(H,25,29). The molecule has 1 fully saturated rings. The van der Waals surface area contributed by atoms with E-state index < -0.39 is 0 Å². The van der Waals surface area contributed by atoms with Gasteiger partial charge in [-0.15, -0.1) is 0 Å². The van der Waals surface area contributed by atoms with E-state index in [-0.39, 0.29) is 12.0 Å². The van der Waals surface area contributed by atoms with Gasteiger partial charge in [0.2, 0.25) is 0 Å². The van der Waals surface area contributed by atoms with Crippen molar-refractivity contribution in [3.8, 4) is 5.75 Å². The molecule has 3 heterocycles. The Morgan fingerprint density at radius 1 is 1.20 bits per heavy atom. The molecule has 2 aliphatic rings. The Morgan fingerprint density at radius 3 is 2.63 bits per heavy atom. The van der Waals surface area contributed by atoms with Crippen molar-refractivity contribution in [3.05, 3.63) is 59.9 Å². The van der Waals surface area contributed by atoms with Gasteiger partial charge in [-0.2, -0.15) is 0 Å². The van der Waals surface area contributed by atoms with Crippen molar-refractivity contribution >= 4 is 23.5 Å². The molecule has 2 aromatic rings. The largest absolute Gasteiger partial charge is 0.491 e. The maximum absolute atomic E-state index is 12.7. The number of aromatic nitrogens is 1. The van der Waals surface area contributed by atoms with E-state index in [2.05, 4.69) is 21.8 Å². The smallest absolute Gasteiger partial charge is 0.267 e. The van der Waals surface area contributed by atoms with E-state index in [1.165, 1.54) is 12.8 Å². The van der Waals surface area contributed by atoms with Crippen LogP contribution in [0.25, 0.3) is 6.08 Å². The molecule has 30 heavy (non-hydrogen) atoms. The summed E-state index contributed by atoms with van der Waals surface area (Å²) < 4.78 is 5.74. The SMILES string of the molecule is C=C1C=Cc2cc(C(=O)NCCN3CCCC3)[nH]c2N1c1ccc(OC(C)C)cc1. The number of H-pyrrole nitrogens is 1. The third kappa shape index (κ3) is 4.44. The first kappa shape index (κ1) is 20.3. The number of carbonyl (C=O) groups excluding carboxylic acids is 1. The monoisotopic (exact) mass is 406 g/mol. The highest BCUT2D eigenvalue weighted by Crippen LogP contribution is 2.37. The number of fused-ring (bicyclic) bond motifs is 1. The number of nitrogens with zero attached hydrogens (tertiary/aromatic N) is 2. The number of rotatable bonds is 7. The van der Waals surface area contributed by atoms with Crippen LogP contribution in [0.4, 0.5) is 11.5 Å². The highest BCUT2D eigenvalue weighted by atomic mass is 16.5. The zero-order chi connectivity index (χ0) is 21.1. The van der Waals surface area contributed by atoms with E-state index in [1.807, 2.05) is 61.2 Å². The molecule has 158 valence electrons. The lowest BCUT2D eigenvalue weighted by Gasteiger charge is -2.27. The number of anilines is 2. The van der Waals surface area contributed by atoms with Gasteiger partial charge in [-0.1, -0.05) is 6.58 Å². The molecule has 0 saturated carbocycles. The number of nitrogens with one attached hydrogen (secondary N) is 2. The van der Waals surface area contributed by atoms with E-state index in [0.717, 1.165) is 48.1 Å². The highest BCUT2D eigenvalue weighted by Gasteiger charge is 2.23. The van der Waals surface area contributed by atoms with Gasteiger partial charge in [0.05, 0.1) is 6.10 Å². The Labute approximate surface area is 178 Å². The number of ether oxygens (including phenoxy) is 1. The van der Waals surface area contributed by atoms with Gasteiger partial charge in [0.15, 0.2) is 0 Å². The van der Waals surface area contributed by atoms with Crippen LogP contribution in [0, 0.1) is 0 Å². The predicted molar refractivity (Wildman–Crippen MR) is 121 cm³/mol. The first-order valence-corrected chi connectivity index (χ1v) is 10.7. The van der Waals surface area contributed by atoms with Crippen LogP contribution in [0.2, 0.25) is 0 Å². The first-order chi connectivity index (χ1) is 14.5. The fraction of sp³-hybridized carbons (Fsp3) is 0.375. The molecule has 1 saturated heterocycles. The van der Waals surface area contributed by atoms with Crippen LogP contribution in [0.5, 0.6) is 5.75 Å². The summed E-state index contributed by atoms with van der Waals surface area (Å²) in [5, 5.41) is 3.03. The molecular weight excluding hydrogens is 376 g/mol. The molecule has 0 atom stereocenters. The molecule has 0 aliphatic carbocycles. The van der Waals surface area contributed by atoms with E-state index in [9.17, 15) is 4.79 Å². The van der Waals surface area contributed by atoms with Gasteiger partial charge in [0, 0.05) is 30.0 Å². The molecule has 1 aromatic heterocycles. The van der Waals surface area contributed by atoms with Crippen LogP contribution >= 0.6 is 0 Å².